The van der Waals surface area contributed by atoms with Crippen LogP contribution in [0.3, 0.4) is 0 Å². The van der Waals surface area contributed by atoms with Crippen molar-refractivity contribution in [2.24, 2.45) is 5.92 Å². The molecule has 1 aliphatic heterocycles. The van der Waals surface area contributed by atoms with Gasteiger partial charge in [0, 0.05) is 25.7 Å². The molecule has 2 saturated carbocycles. The Labute approximate surface area is 111 Å². The van der Waals surface area contributed by atoms with Crippen molar-refractivity contribution in [2.45, 2.75) is 63.7 Å². The third kappa shape index (κ3) is 3.69. The third-order valence-corrected chi connectivity index (χ3v) is 4.51. The lowest BCUT2D eigenvalue weighted by Crippen LogP contribution is -2.36. The predicted octanol–water partition coefficient (Wildman–Crippen LogP) is 2.02. The van der Waals surface area contributed by atoms with Crippen LogP contribution in [-0.2, 0) is 4.74 Å². The summed E-state index contributed by atoms with van der Waals surface area (Å²) in [5, 5.41) is 3.40. The van der Waals surface area contributed by atoms with Crippen LogP contribution in [0.5, 0.6) is 0 Å². The predicted molar refractivity (Wildman–Crippen MR) is 73.8 cm³/mol. The van der Waals surface area contributed by atoms with Gasteiger partial charge in [0.1, 0.15) is 0 Å². The van der Waals surface area contributed by atoms with E-state index >= 15 is 0 Å². The van der Waals surface area contributed by atoms with E-state index in [-0.39, 0.29) is 0 Å². The lowest BCUT2D eigenvalue weighted by Gasteiger charge is -2.25. The summed E-state index contributed by atoms with van der Waals surface area (Å²) in [7, 11) is 0. The van der Waals surface area contributed by atoms with Gasteiger partial charge in [0.15, 0.2) is 0 Å². The second kappa shape index (κ2) is 5.89. The van der Waals surface area contributed by atoms with E-state index in [2.05, 4.69) is 17.1 Å². The van der Waals surface area contributed by atoms with Crippen LogP contribution in [-0.4, -0.2) is 49.3 Å². The van der Waals surface area contributed by atoms with Gasteiger partial charge in [-0.05, 0) is 51.0 Å². The molecule has 3 aliphatic rings. The van der Waals surface area contributed by atoms with Gasteiger partial charge in [-0.2, -0.15) is 0 Å². The van der Waals surface area contributed by atoms with Crippen molar-refractivity contribution in [3.63, 3.8) is 0 Å². The normalized spacial score (nSPS) is 32.3. The monoisotopic (exact) mass is 252 g/mol. The highest BCUT2D eigenvalue weighted by molar-refractivity contribution is 4.90. The highest BCUT2D eigenvalue weighted by atomic mass is 16.5. The van der Waals surface area contributed by atoms with Crippen molar-refractivity contribution in [1.29, 1.82) is 0 Å². The Balaban J connectivity index is 1.40. The zero-order valence-electron chi connectivity index (χ0n) is 11.7. The quantitative estimate of drug-likeness (QED) is 0.715. The average molecular weight is 252 g/mol. The molecule has 18 heavy (non-hydrogen) atoms. The van der Waals surface area contributed by atoms with Crippen LogP contribution in [0.25, 0.3) is 0 Å². The van der Waals surface area contributed by atoms with E-state index in [1.165, 1.54) is 51.6 Å². The van der Waals surface area contributed by atoms with Gasteiger partial charge in [0.25, 0.3) is 0 Å². The number of hydrogen-bond acceptors (Lipinski definition) is 3. The van der Waals surface area contributed by atoms with Gasteiger partial charge < -0.3 is 10.1 Å². The Morgan fingerprint density at radius 1 is 1.00 bits per heavy atom. The number of nitrogens with one attached hydrogen (secondary N) is 1. The van der Waals surface area contributed by atoms with Crippen LogP contribution in [0.15, 0.2) is 0 Å². The van der Waals surface area contributed by atoms with Crippen LogP contribution in [0, 0.1) is 5.92 Å². The highest BCUT2D eigenvalue weighted by Gasteiger charge is 2.36. The Morgan fingerprint density at radius 3 is 2.44 bits per heavy atom. The molecule has 2 aliphatic carbocycles. The van der Waals surface area contributed by atoms with Crippen LogP contribution >= 0.6 is 0 Å². The summed E-state index contributed by atoms with van der Waals surface area (Å²) >= 11 is 0. The molecule has 104 valence electrons. The van der Waals surface area contributed by atoms with Gasteiger partial charge >= 0.3 is 0 Å². The lowest BCUT2D eigenvalue weighted by atomic mass is 10.2. The van der Waals surface area contributed by atoms with Gasteiger partial charge in [0.05, 0.1) is 12.2 Å². The zero-order valence-corrected chi connectivity index (χ0v) is 11.7. The molecule has 0 radical (unpaired) electrons. The van der Waals surface area contributed by atoms with E-state index in [1.807, 2.05) is 0 Å². The summed E-state index contributed by atoms with van der Waals surface area (Å²) in [5.41, 5.74) is 0. The number of ether oxygens (including phenoxy) is 1. The summed E-state index contributed by atoms with van der Waals surface area (Å²) in [6.07, 6.45) is 9.30. The molecule has 1 heterocycles. The Hall–Kier alpha value is -0.120. The largest absolute Gasteiger partial charge is 0.372 e. The minimum Gasteiger partial charge on any atom is -0.372 e. The molecule has 2 atom stereocenters. The Bertz CT molecular complexity index is 263. The molecule has 2 unspecified atom stereocenters. The zero-order chi connectivity index (χ0) is 12.4. The molecule has 3 heteroatoms. The number of rotatable bonds is 8. The van der Waals surface area contributed by atoms with E-state index < -0.39 is 0 Å². The molecule has 1 saturated heterocycles. The van der Waals surface area contributed by atoms with Crippen molar-refractivity contribution in [1.82, 2.24) is 10.2 Å². The Morgan fingerprint density at radius 2 is 1.78 bits per heavy atom. The fourth-order valence-corrected chi connectivity index (χ4v) is 3.08. The first-order valence-corrected chi connectivity index (χ1v) is 7.95. The fraction of sp³-hybridized carbons (Fsp3) is 1.00. The van der Waals surface area contributed by atoms with Gasteiger partial charge in [-0.1, -0.05) is 6.92 Å². The van der Waals surface area contributed by atoms with Crippen LogP contribution in [0.1, 0.15) is 45.4 Å². The molecule has 0 aromatic rings. The van der Waals surface area contributed by atoms with Crippen molar-refractivity contribution < 1.29 is 4.74 Å². The van der Waals surface area contributed by atoms with Crippen molar-refractivity contribution in [3.8, 4) is 0 Å². The van der Waals surface area contributed by atoms with Gasteiger partial charge in [-0.25, -0.2) is 0 Å². The molecule has 3 nitrogen and oxygen atoms in total. The molecule has 3 fully saturated rings. The number of nitrogens with zero attached hydrogens (tertiary/aromatic N) is 1. The fourth-order valence-electron chi connectivity index (χ4n) is 3.08. The summed E-state index contributed by atoms with van der Waals surface area (Å²) in [6, 6.07) is 0.905. The van der Waals surface area contributed by atoms with E-state index in [4.69, 9.17) is 4.74 Å². The summed E-state index contributed by atoms with van der Waals surface area (Å²) in [5.74, 6) is 1.02. The number of likely N-dealkylation sites (N-methyl/N-ethyl adjacent to an activating group) is 1. The van der Waals surface area contributed by atoms with E-state index in [1.54, 1.807) is 0 Å². The minimum atomic E-state index is 0.469. The number of hydrogen-bond donors (Lipinski definition) is 1. The molecule has 3 rings (SSSR count). The summed E-state index contributed by atoms with van der Waals surface area (Å²) in [4.78, 5) is 2.73. The first-order chi connectivity index (χ1) is 8.85. The smallest absolute Gasteiger partial charge is 0.0707 e. The molecule has 0 aromatic carbocycles. The van der Waals surface area contributed by atoms with Gasteiger partial charge in [-0.3, -0.25) is 4.90 Å². The van der Waals surface area contributed by atoms with E-state index in [9.17, 15) is 0 Å². The Kier molecular flexibility index (Phi) is 4.22. The standard InChI is InChI=1S/C15H28N2O/c1-2-16-9-14-7-8-15(18-14)11-17(13-5-6-13)10-12-3-4-12/h12-16H,2-11H2,1H3. The van der Waals surface area contributed by atoms with Crippen molar-refractivity contribution in [3.05, 3.63) is 0 Å². The molecule has 0 amide bonds. The van der Waals surface area contributed by atoms with Crippen molar-refractivity contribution >= 4 is 0 Å². The van der Waals surface area contributed by atoms with E-state index in [0.717, 1.165) is 25.0 Å². The first kappa shape index (κ1) is 12.9. The van der Waals surface area contributed by atoms with E-state index in [0.29, 0.717) is 12.2 Å². The molecule has 0 spiro atoms. The molecule has 0 bridgehead atoms. The van der Waals surface area contributed by atoms with Crippen LogP contribution < -0.4 is 5.32 Å². The molecular weight excluding hydrogens is 224 g/mol. The second-order valence-corrected chi connectivity index (χ2v) is 6.39. The maximum Gasteiger partial charge on any atom is 0.0707 e. The third-order valence-electron chi connectivity index (χ3n) is 4.51. The maximum atomic E-state index is 6.17. The minimum absolute atomic E-state index is 0.469. The van der Waals surface area contributed by atoms with Gasteiger partial charge in [-0.15, -0.1) is 0 Å². The molecular formula is C15H28N2O. The SMILES string of the molecule is CCNCC1CCC(CN(CC2CC2)C2CC2)O1. The maximum absolute atomic E-state index is 6.17. The summed E-state index contributed by atoms with van der Waals surface area (Å²) in [6.45, 7) is 6.81. The van der Waals surface area contributed by atoms with Crippen LogP contribution in [0.2, 0.25) is 0 Å². The van der Waals surface area contributed by atoms with Gasteiger partial charge in [0.2, 0.25) is 0 Å². The topological polar surface area (TPSA) is 24.5 Å². The lowest BCUT2D eigenvalue weighted by molar-refractivity contribution is 0.0210. The first-order valence-electron chi connectivity index (χ1n) is 7.95. The average Bonchev–Trinajstić information content (AvgIpc) is 3.26. The molecule has 0 aromatic heterocycles. The highest BCUT2D eigenvalue weighted by Crippen LogP contribution is 2.35. The second-order valence-electron chi connectivity index (χ2n) is 6.39. The summed E-state index contributed by atoms with van der Waals surface area (Å²) < 4.78 is 6.17. The van der Waals surface area contributed by atoms with Crippen molar-refractivity contribution in [2.75, 3.05) is 26.2 Å². The molecule has 1 N–H and O–H groups in total. The van der Waals surface area contributed by atoms with Crippen LogP contribution in [0.4, 0.5) is 0 Å².